The van der Waals surface area contributed by atoms with Gasteiger partial charge >= 0.3 is 5.97 Å². The Kier molecular flexibility index (Phi) is 3.29. The van der Waals surface area contributed by atoms with Crippen LogP contribution < -0.4 is 4.90 Å². The lowest BCUT2D eigenvalue weighted by atomic mass is 9.85. The van der Waals surface area contributed by atoms with Crippen LogP contribution in [0, 0.1) is 11.8 Å². The first-order valence-corrected chi connectivity index (χ1v) is 6.93. The number of benzene rings is 1. The zero-order valence-corrected chi connectivity index (χ0v) is 11.7. The van der Waals surface area contributed by atoms with Gasteiger partial charge in [-0.1, -0.05) is 23.8 Å². The summed E-state index contributed by atoms with van der Waals surface area (Å²) >= 11 is 5.90. The van der Waals surface area contributed by atoms with Crippen LogP contribution in [-0.4, -0.2) is 22.9 Å². The highest BCUT2D eigenvalue weighted by atomic mass is 35.5. The minimum atomic E-state index is -1.16. The van der Waals surface area contributed by atoms with Crippen molar-refractivity contribution < 1.29 is 19.5 Å². The number of amides is 2. The van der Waals surface area contributed by atoms with E-state index in [0.29, 0.717) is 12.8 Å². The summed E-state index contributed by atoms with van der Waals surface area (Å²) in [5.41, 5.74) is 0.176. The summed E-state index contributed by atoms with van der Waals surface area (Å²) in [5, 5.41) is 9.24. The molecule has 0 spiro atoms. The van der Waals surface area contributed by atoms with Crippen LogP contribution in [0.3, 0.4) is 0 Å². The predicted molar refractivity (Wildman–Crippen MR) is 76.3 cm³/mol. The zero-order valence-electron chi connectivity index (χ0n) is 11.0. The minimum absolute atomic E-state index is 0.0499. The van der Waals surface area contributed by atoms with Crippen LogP contribution in [0.5, 0.6) is 0 Å². The Bertz CT molecular complexity index is 656. The molecule has 5 nitrogen and oxygen atoms in total. The molecular formula is C15H12ClNO4. The molecule has 2 atom stereocenters. The van der Waals surface area contributed by atoms with Crippen LogP contribution >= 0.6 is 11.6 Å². The quantitative estimate of drug-likeness (QED) is 0.673. The molecule has 1 N–H and O–H groups in total. The van der Waals surface area contributed by atoms with Crippen molar-refractivity contribution in [2.75, 3.05) is 4.90 Å². The molecule has 0 saturated carbocycles. The Morgan fingerprint density at radius 3 is 2.19 bits per heavy atom. The van der Waals surface area contributed by atoms with E-state index in [0.717, 1.165) is 4.90 Å². The maximum Gasteiger partial charge on any atom is 0.335 e. The van der Waals surface area contributed by atoms with Gasteiger partial charge in [0.15, 0.2) is 0 Å². The Morgan fingerprint density at radius 1 is 1.10 bits per heavy atom. The minimum Gasteiger partial charge on any atom is -0.478 e. The van der Waals surface area contributed by atoms with E-state index < -0.39 is 5.97 Å². The van der Waals surface area contributed by atoms with Gasteiger partial charge in [-0.2, -0.15) is 0 Å². The van der Waals surface area contributed by atoms with Gasteiger partial charge in [-0.15, -0.1) is 0 Å². The second kappa shape index (κ2) is 5.00. The molecule has 2 aliphatic rings. The highest BCUT2D eigenvalue weighted by molar-refractivity contribution is 6.32. The highest BCUT2D eigenvalue weighted by Gasteiger charge is 2.47. The van der Waals surface area contributed by atoms with Crippen molar-refractivity contribution in [3.8, 4) is 0 Å². The van der Waals surface area contributed by atoms with E-state index in [1.54, 1.807) is 0 Å². The Labute approximate surface area is 125 Å². The summed E-state index contributed by atoms with van der Waals surface area (Å²) in [7, 11) is 0. The molecule has 1 aliphatic heterocycles. The van der Waals surface area contributed by atoms with E-state index in [-0.39, 0.29) is 39.9 Å². The maximum atomic E-state index is 12.4. The first-order valence-electron chi connectivity index (χ1n) is 6.55. The fraction of sp³-hybridized carbons (Fsp3) is 0.267. The lowest BCUT2D eigenvalue weighted by Crippen LogP contribution is -2.31. The molecule has 108 valence electrons. The number of aromatic carboxylic acids is 1. The lowest BCUT2D eigenvalue weighted by Gasteiger charge is -2.15. The molecule has 1 fully saturated rings. The number of imide groups is 1. The average Bonchev–Trinajstić information content (AvgIpc) is 2.71. The smallest absolute Gasteiger partial charge is 0.335 e. The number of hydrogen-bond acceptors (Lipinski definition) is 3. The molecule has 6 heteroatoms. The highest BCUT2D eigenvalue weighted by Crippen LogP contribution is 2.38. The second-order valence-electron chi connectivity index (χ2n) is 5.17. The molecule has 2 unspecified atom stereocenters. The predicted octanol–water partition coefficient (Wildman–Crippen LogP) is 2.49. The van der Waals surface area contributed by atoms with Gasteiger partial charge in [0.25, 0.3) is 0 Å². The Morgan fingerprint density at radius 2 is 1.67 bits per heavy atom. The molecule has 2 amide bonds. The maximum absolute atomic E-state index is 12.4. The molecule has 3 rings (SSSR count). The van der Waals surface area contributed by atoms with Crippen LogP contribution in [0.4, 0.5) is 5.69 Å². The number of carbonyl (C=O) groups excluding carboxylic acids is 2. The second-order valence-corrected chi connectivity index (χ2v) is 5.61. The molecule has 1 saturated heterocycles. The fourth-order valence-corrected chi connectivity index (χ4v) is 3.11. The monoisotopic (exact) mass is 305 g/mol. The number of rotatable bonds is 2. The number of hydrogen-bond donors (Lipinski definition) is 1. The Balaban J connectivity index is 2.03. The van der Waals surface area contributed by atoms with Gasteiger partial charge in [0.1, 0.15) is 0 Å². The first-order chi connectivity index (χ1) is 9.99. The number of nitrogens with zero attached hydrogens (tertiary/aromatic N) is 1. The van der Waals surface area contributed by atoms with Crippen molar-refractivity contribution in [3.05, 3.63) is 40.9 Å². The Hall–Kier alpha value is -2.14. The molecule has 1 heterocycles. The van der Waals surface area contributed by atoms with E-state index in [9.17, 15) is 14.4 Å². The van der Waals surface area contributed by atoms with Crippen molar-refractivity contribution >= 4 is 35.1 Å². The van der Waals surface area contributed by atoms with Crippen molar-refractivity contribution in [1.29, 1.82) is 0 Å². The van der Waals surface area contributed by atoms with E-state index in [4.69, 9.17) is 16.7 Å². The van der Waals surface area contributed by atoms with E-state index in [1.807, 2.05) is 12.2 Å². The van der Waals surface area contributed by atoms with Crippen LogP contribution in [-0.2, 0) is 9.59 Å². The van der Waals surface area contributed by atoms with E-state index in [1.165, 1.54) is 18.2 Å². The first kappa shape index (κ1) is 13.8. The zero-order chi connectivity index (χ0) is 15.1. The average molecular weight is 306 g/mol. The molecular weight excluding hydrogens is 294 g/mol. The van der Waals surface area contributed by atoms with Gasteiger partial charge < -0.3 is 5.11 Å². The van der Waals surface area contributed by atoms with Gasteiger partial charge in [-0.25, -0.2) is 9.69 Å². The summed E-state index contributed by atoms with van der Waals surface area (Å²) in [6, 6.07) is 4.02. The molecule has 1 aliphatic carbocycles. The van der Waals surface area contributed by atoms with Crippen molar-refractivity contribution in [2.45, 2.75) is 12.8 Å². The SMILES string of the molecule is O=C(O)c1cc(Cl)cc(N2C(=O)C3CC=CCC3C2=O)c1. The summed E-state index contributed by atoms with van der Waals surface area (Å²) in [4.78, 5) is 37.0. The van der Waals surface area contributed by atoms with Gasteiger partial charge in [0.05, 0.1) is 23.1 Å². The standard InChI is InChI=1S/C15H12ClNO4/c16-9-5-8(15(20)21)6-10(7-9)17-13(18)11-3-1-2-4-12(11)14(17)19/h1-2,5-7,11-12H,3-4H2,(H,20,21). The van der Waals surface area contributed by atoms with E-state index >= 15 is 0 Å². The number of halogens is 1. The topological polar surface area (TPSA) is 74.7 Å². The van der Waals surface area contributed by atoms with E-state index in [2.05, 4.69) is 0 Å². The molecule has 1 aromatic carbocycles. The number of carboxylic acid groups (broad SMARTS) is 1. The van der Waals surface area contributed by atoms with Crippen LogP contribution in [0.25, 0.3) is 0 Å². The largest absolute Gasteiger partial charge is 0.478 e. The van der Waals surface area contributed by atoms with Crippen molar-refractivity contribution in [3.63, 3.8) is 0 Å². The number of carbonyl (C=O) groups is 3. The third-order valence-corrected chi connectivity index (χ3v) is 4.11. The van der Waals surface area contributed by atoms with Crippen molar-refractivity contribution in [1.82, 2.24) is 0 Å². The normalized spacial score (nSPS) is 24.3. The van der Waals surface area contributed by atoms with Crippen molar-refractivity contribution in [2.24, 2.45) is 11.8 Å². The van der Waals surface area contributed by atoms with Gasteiger partial charge in [0, 0.05) is 5.02 Å². The summed E-state index contributed by atoms with van der Waals surface area (Å²) in [6.45, 7) is 0. The molecule has 0 aromatic heterocycles. The van der Waals surface area contributed by atoms with Gasteiger partial charge in [-0.3, -0.25) is 9.59 Å². The van der Waals surface area contributed by atoms with Crippen LogP contribution in [0.15, 0.2) is 30.4 Å². The molecule has 21 heavy (non-hydrogen) atoms. The summed E-state index contributed by atoms with van der Waals surface area (Å²) in [6.07, 6.45) is 4.88. The summed E-state index contributed by atoms with van der Waals surface area (Å²) < 4.78 is 0. The number of anilines is 1. The number of allylic oxidation sites excluding steroid dienone is 2. The number of carboxylic acids is 1. The third kappa shape index (κ3) is 2.23. The van der Waals surface area contributed by atoms with Gasteiger partial charge in [-0.05, 0) is 31.0 Å². The van der Waals surface area contributed by atoms with Crippen LogP contribution in [0.2, 0.25) is 5.02 Å². The fourth-order valence-electron chi connectivity index (χ4n) is 2.88. The number of fused-ring (bicyclic) bond motifs is 1. The molecule has 1 aromatic rings. The third-order valence-electron chi connectivity index (χ3n) is 3.90. The lowest BCUT2D eigenvalue weighted by molar-refractivity contribution is -0.122. The molecule has 0 radical (unpaired) electrons. The van der Waals surface area contributed by atoms with Crippen LogP contribution in [0.1, 0.15) is 23.2 Å². The summed E-state index contributed by atoms with van der Waals surface area (Å²) in [5.74, 6) is -2.43. The van der Waals surface area contributed by atoms with Gasteiger partial charge in [0.2, 0.25) is 11.8 Å². The molecule has 0 bridgehead atoms.